The second-order valence-corrected chi connectivity index (χ2v) is 4.86. The molecule has 2 heteroatoms. The van der Waals surface area contributed by atoms with Crippen LogP contribution >= 0.6 is 0 Å². The molecule has 0 saturated carbocycles. The molecule has 1 atom stereocenters. The van der Waals surface area contributed by atoms with Crippen LogP contribution < -0.4 is 11.5 Å². The Labute approximate surface area is 109 Å². The summed E-state index contributed by atoms with van der Waals surface area (Å²) in [4.78, 5) is 0. The van der Waals surface area contributed by atoms with Crippen LogP contribution in [0.25, 0.3) is 0 Å². The van der Waals surface area contributed by atoms with Crippen LogP contribution in [0.3, 0.4) is 0 Å². The van der Waals surface area contributed by atoms with Crippen molar-refractivity contribution in [1.82, 2.24) is 0 Å². The first-order chi connectivity index (χ1) is 8.58. The fourth-order valence-corrected chi connectivity index (χ4v) is 2.16. The SMILES string of the molecule is Cc1cc(N)c(C(N)Cc2ccccc2)cc1C. The van der Waals surface area contributed by atoms with Gasteiger partial charge in [0.1, 0.15) is 0 Å². The third kappa shape index (κ3) is 2.71. The van der Waals surface area contributed by atoms with Crippen molar-refractivity contribution in [1.29, 1.82) is 0 Å². The van der Waals surface area contributed by atoms with Gasteiger partial charge >= 0.3 is 0 Å². The summed E-state index contributed by atoms with van der Waals surface area (Å²) in [7, 11) is 0. The van der Waals surface area contributed by atoms with Crippen LogP contribution in [-0.2, 0) is 6.42 Å². The summed E-state index contributed by atoms with van der Waals surface area (Å²) in [5.74, 6) is 0. The highest BCUT2D eigenvalue weighted by atomic mass is 14.7. The van der Waals surface area contributed by atoms with E-state index in [-0.39, 0.29) is 6.04 Å². The highest BCUT2D eigenvalue weighted by Gasteiger charge is 2.11. The summed E-state index contributed by atoms with van der Waals surface area (Å²) in [5.41, 5.74) is 17.9. The molecule has 0 saturated heterocycles. The molecule has 0 aliphatic rings. The first-order valence-corrected chi connectivity index (χ1v) is 6.24. The number of hydrogen-bond donors (Lipinski definition) is 2. The molecule has 0 radical (unpaired) electrons. The maximum Gasteiger partial charge on any atom is 0.0365 e. The fourth-order valence-electron chi connectivity index (χ4n) is 2.16. The van der Waals surface area contributed by atoms with Crippen molar-refractivity contribution >= 4 is 5.69 Å². The zero-order valence-electron chi connectivity index (χ0n) is 11.0. The van der Waals surface area contributed by atoms with Gasteiger partial charge in [-0.2, -0.15) is 0 Å². The zero-order valence-corrected chi connectivity index (χ0v) is 11.0. The molecule has 0 amide bonds. The average Bonchev–Trinajstić information content (AvgIpc) is 2.35. The average molecular weight is 240 g/mol. The lowest BCUT2D eigenvalue weighted by Gasteiger charge is -2.16. The first kappa shape index (κ1) is 12.7. The molecule has 0 aliphatic carbocycles. The number of nitrogen functional groups attached to an aromatic ring is 1. The van der Waals surface area contributed by atoms with Gasteiger partial charge in [0.2, 0.25) is 0 Å². The lowest BCUT2D eigenvalue weighted by Crippen LogP contribution is -2.15. The number of rotatable bonds is 3. The topological polar surface area (TPSA) is 52.0 Å². The van der Waals surface area contributed by atoms with E-state index in [9.17, 15) is 0 Å². The molecule has 2 aromatic carbocycles. The summed E-state index contributed by atoms with van der Waals surface area (Å²) >= 11 is 0. The van der Waals surface area contributed by atoms with Crippen LogP contribution in [0, 0.1) is 13.8 Å². The zero-order chi connectivity index (χ0) is 13.1. The minimum Gasteiger partial charge on any atom is -0.398 e. The van der Waals surface area contributed by atoms with Crippen molar-refractivity contribution in [2.45, 2.75) is 26.3 Å². The Bertz CT molecular complexity index is 532. The molecule has 94 valence electrons. The molecule has 0 bridgehead atoms. The molecule has 2 aromatic rings. The number of hydrogen-bond acceptors (Lipinski definition) is 2. The van der Waals surface area contributed by atoms with Gasteiger partial charge in [0, 0.05) is 11.7 Å². The van der Waals surface area contributed by atoms with Crippen molar-refractivity contribution in [2.24, 2.45) is 5.73 Å². The van der Waals surface area contributed by atoms with Crippen LogP contribution in [0.4, 0.5) is 5.69 Å². The van der Waals surface area contributed by atoms with Crippen LogP contribution in [0.1, 0.15) is 28.3 Å². The molecule has 18 heavy (non-hydrogen) atoms. The standard InChI is InChI=1S/C16H20N2/c1-11-8-14(15(17)9-12(11)2)16(18)10-13-6-4-3-5-7-13/h3-9,16H,10,17-18H2,1-2H3. The monoisotopic (exact) mass is 240 g/mol. The second-order valence-electron chi connectivity index (χ2n) is 4.86. The lowest BCUT2D eigenvalue weighted by atomic mass is 9.95. The van der Waals surface area contributed by atoms with E-state index in [4.69, 9.17) is 11.5 Å². The Kier molecular flexibility index (Phi) is 3.68. The van der Waals surface area contributed by atoms with Gasteiger partial charge < -0.3 is 11.5 Å². The molecule has 0 heterocycles. The summed E-state index contributed by atoms with van der Waals surface area (Å²) in [6.07, 6.45) is 0.813. The van der Waals surface area contributed by atoms with Gasteiger partial charge in [-0.3, -0.25) is 0 Å². The summed E-state index contributed by atoms with van der Waals surface area (Å²) in [5, 5.41) is 0. The van der Waals surface area contributed by atoms with Gasteiger partial charge in [0.05, 0.1) is 0 Å². The van der Waals surface area contributed by atoms with Crippen molar-refractivity contribution in [3.05, 3.63) is 64.7 Å². The van der Waals surface area contributed by atoms with E-state index < -0.39 is 0 Å². The number of anilines is 1. The Morgan fingerprint density at radius 1 is 1.00 bits per heavy atom. The third-order valence-electron chi connectivity index (χ3n) is 3.40. The molecule has 0 spiro atoms. The van der Waals surface area contributed by atoms with Gasteiger partial charge in [0.25, 0.3) is 0 Å². The Balaban J connectivity index is 2.24. The molecule has 2 nitrogen and oxygen atoms in total. The highest BCUT2D eigenvalue weighted by molar-refractivity contribution is 5.53. The lowest BCUT2D eigenvalue weighted by molar-refractivity contribution is 0.723. The first-order valence-electron chi connectivity index (χ1n) is 6.24. The van der Waals surface area contributed by atoms with E-state index in [0.29, 0.717) is 0 Å². The maximum atomic E-state index is 6.27. The molecular formula is C16H20N2. The van der Waals surface area contributed by atoms with E-state index in [1.54, 1.807) is 0 Å². The number of nitrogens with two attached hydrogens (primary N) is 2. The molecule has 2 rings (SSSR count). The molecule has 0 fully saturated rings. The quantitative estimate of drug-likeness (QED) is 0.810. The maximum absolute atomic E-state index is 6.27. The predicted molar refractivity (Wildman–Crippen MR) is 77.4 cm³/mol. The molecule has 4 N–H and O–H groups in total. The smallest absolute Gasteiger partial charge is 0.0365 e. The van der Waals surface area contributed by atoms with Crippen LogP contribution in [0.2, 0.25) is 0 Å². The highest BCUT2D eigenvalue weighted by Crippen LogP contribution is 2.25. The third-order valence-corrected chi connectivity index (χ3v) is 3.40. The van der Waals surface area contributed by atoms with Crippen molar-refractivity contribution in [2.75, 3.05) is 5.73 Å². The van der Waals surface area contributed by atoms with E-state index in [2.05, 4.69) is 32.0 Å². The summed E-state index contributed by atoms with van der Waals surface area (Å²) in [6, 6.07) is 14.3. The van der Waals surface area contributed by atoms with E-state index in [1.807, 2.05) is 24.3 Å². The van der Waals surface area contributed by atoms with Gasteiger partial charge in [-0.1, -0.05) is 36.4 Å². The molecule has 0 aromatic heterocycles. The van der Waals surface area contributed by atoms with Crippen molar-refractivity contribution in [3.63, 3.8) is 0 Å². The Morgan fingerprint density at radius 2 is 1.61 bits per heavy atom. The van der Waals surface area contributed by atoms with Gasteiger partial charge in [-0.25, -0.2) is 0 Å². The molecule has 1 unspecified atom stereocenters. The van der Waals surface area contributed by atoms with E-state index >= 15 is 0 Å². The minimum atomic E-state index is -0.0494. The van der Waals surface area contributed by atoms with Crippen molar-refractivity contribution < 1.29 is 0 Å². The van der Waals surface area contributed by atoms with Gasteiger partial charge in [-0.05, 0) is 48.6 Å². The van der Waals surface area contributed by atoms with Crippen LogP contribution in [0.15, 0.2) is 42.5 Å². The Hall–Kier alpha value is -1.80. The van der Waals surface area contributed by atoms with Gasteiger partial charge in [0.15, 0.2) is 0 Å². The van der Waals surface area contributed by atoms with Crippen molar-refractivity contribution in [3.8, 4) is 0 Å². The summed E-state index contributed by atoms with van der Waals surface area (Å²) in [6.45, 7) is 4.16. The fraction of sp³-hybridized carbons (Fsp3) is 0.250. The second kappa shape index (κ2) is 5.23. The van der Waals surface area contributed by atoms with E-state index in [0.717, 1.165) is 17.7 Å². The molecule has 0 aliphatic heterocycles. The van der Waals surface area contributed by atoms with Crippen LogP contribution in [-0.4, -0.2) is 0 Å². The number of aryl methyl sites for hydroxylation is 2. The number of benzene rings is 2. The minimum absolute atomic E-state index is 0.0494. The Morgan fingerprint density at radius 3 is 2.28 bits per heavy atom. The normalized spacial score (nSPS) is 12.4. The predicted octanol–water partition coefficient (Wildman–Crippen LogP) is 3.13. The van der Waals surface area contributed by atoms with E-state index in [1.165, 1.54) is 16.7 Å². The molecular weight excluding hydrogens is 220 g/mol. The van der Waals surface area contributed by atoms with Crippen LogP contribution in [0.5, 0.6) is 0 Å². The summed E-state index contributed by atoms with van der Waals surface area (Å²) < 4.78 is 0. The van der Waals surface area contributed by atoms with Gasteiger partial charge in [-0.15, -0.1) is 0 Å². The largest absolute Gasteiger partial charge is 0.398 e.